The van der Waals surface area contributed by atoms with E-state index in [0.29, 0.717) is 12.1 Å². The Bertz CT molecular complexity index is 915. The number of carbonyl (C=O) groups is 3. The Kier molecular flexibility index (Phi) is 8.71. The molecule has 9 heteroatoms. The number of hydrogen-bond donors (Lipinski definition) is 5. The highest BCUT2D eigenvalue weighted by Gasteiger charge is 2.21. The second-order valence-corrected chi connectivity index (χ2v) is 7.03. The number of anilines is 1. The van der Waals surface area contributed by atoms with Gasteiger partial charge in [-0.25, -0.2) is 0 Å². The number of nitrogens with zero attached hydrogens (tertiary/aromatic N) is 1. The molecule has 164 valence electrons. The fraction of sp³-hybridized carbons (Fsp3) is 0.273. The van der Waals surface area contributed by atoms with Crippen LogP contribution in [-0.2, 0) is 16.1 Å². The van der Waals surface area contributed by atoms with Gasteiger partial charge in [0.15, 0.2) is 11.7 Å². The van der Waals surface area contributed by atoms with Gasteiger partial charge >= 0.3 is 5.97 Å². The standard InChI is InChI=1S/C22H27N5O4/c23-18(21(30)31)7-4-12-27(22(24)25)20(29)13-19(28)16-8-10-17(11-9-16)26-14-15-5-2-1-3-6-15/h1-3,5-6,8-11,18,26H,4,7,12-14,23H2,(H3,24,25)(H,30,31). The molecule has 0 saturated carbocycles. The first-order valence-electron chi connectivity index (χ1n) is 9.81. The number of aliphatic carboxylic acids is 1. The molecular formula is C22H27N5O4. The molecule has 9 nitrogen and oxygen atoms in total. The monoisotopic (exact) mass is 425 g/mol. The van der Waals surface area contributed by atoms with E-state index in [0.717, 1.165) is 16.2 Å². The molecule has 0 saturated heterocycles. The summed E-state index contributed by atoms with van der Waals surface area (Å²) >= 11 is 0. The Hall–Kier alpha value is -3.72. The molecule has 0 bridgehead atoms. The molecule has 0 aliphatic rings. The molecule has 1 unspecified atom stereocenters. The molecule has 0 spiro atoms. The van der Waals surface area contributed by atoms with Crippen LogP contribution < -0.4 is 16.8 Å². The van der Waals surface area contributed by atoms with Crippen molar-refractivity contribution in [1.29, 1.82) is 5.41 Å². The van der Waals surface area contributed by atoms with Crippen LogP contribution in [0.4, 0.5) is 5.69 Å². The first-order chi connectivity index (χ1) is 14.8. The Labute approximate surface area is 180 Å². The lowest BCUT2D eigenvalue weighted by Crippen LogP contribution is -2.43. The van der Waals surface area contributed by atoms with Gasteiger partial charge in [-0.3, -0.25) is 24.7 Å². The van der Waals surface area contributed by atoms with Crippen LogP contribution >= 0.6 is 0 Å². The molecule has 0 radical (unpaired) electrons. The van der Waals surface area contributed by atoms with Gasteiger partial charge in [0.2, 0.25) is 5.91 Å². The van der Waals surface area contributed by atoms with Crippen molar-refractivity contribution in [1.82, 2.24) is 4.90 Å². The summed E-state index contributed by atoms with van der Waals surface area (Å²) in [6.45, 7) is 0.663. The molecular weight excluding hydrogens is 398 g/mol. The maximum atomic E-state index is 12.5. The molecule has 2 rings (SSSR count). The number of carboxylic acid groups (broad SMARTS) is 1. The Morgan fingerprint density at radius 1 is 1.06 bits per heavy atom. The van der Waals surface area contributed by atoms with E-state index in [9.17, 15) is 14.4 Å². The minimum atomic E-state index is -1.14. The fourth-order valence-electron chi connectivity index (χ4n) is 2.88. The van der Waals surface area contributed by atoms with Crippen molar-refractivity contribution < 1.29 is 19.5 Å². The summed E-state index contributed by atoms with van der Waals surface area (Å²) in [6.07, 6.45) is -0.0755. The zero-order valence-electron chi connectivity index (χ0n) is 17.1. The minimum absolute atomic E-state index is 0.0186. The molecule has 2 aromatic carbocycles. The smallest absolute Gasteiger partial charge is 0.320 e. The normalized spacial score (nSPS) is 11.4. The van der Waals surface area contributed by atoms with Crippen molar-refractivity contribution in [2.24, 2.45) is 11.5 Å². The lowest BCUT2D eigenvalue weighted by molar-refractivity contribution is -0.138. The fourth-order valence-corrected chi connectivity index (χ4v) is 2.88. The summed E-state index contributed by atoms with van der Waals surface area (Å²) in [5.41, 5.74) is 13.2. The van der Waals surface area contributed by atoms with Crippen molar-refractivity contribution in [2.45, 2.75) is 31.8 Å². The summed E-state index contributed by atoms with van der Waals surface area (Å²) in [6, 6.07) is 15.6. The van der Waals surface area contributed by atoms with Crippen molar-refractivity contribution in [3.63, 3.8) is 0 Å². The predicted molar refractivity (Wildman–Crippen MR) is 118 cm³/mol. The highest BCUT2D eigenvalue weighted by molar-refractivity contribution is 6.10. The van der Waals surface area contributed by atoms with E-state index in [1.807, 2.05) is 30.3 Å². The average molecular weight is 425 g/mol. The Balaban J connectivity index is 1.88. The van der Waals surface area contributed by atoms with E-state index in [-0.39, 0.29) is 19.4 Å². The minimum Gasteiger partial charge on any atom is -0.480 e. The van der Waals surface area contributed by atoms with E-state index in [2.05, 4.69) is 5.32 Å². The maximum absolute atomic E-state index is 12.5. The first-order valence-corrected chi connectivity index (χ1v) is 9.81. The van der Waals surface area contributed by atoms with Crippen molar-refractivity contribution in [2.75, 3.05) is 11.9 Å². The van der Waals surface area contributed by atoms with Crippen LogP contribution in [0.15, 0.2) is 54.6 Å². The second kappa shape index (κ2) is 11.5. The topological polar surface area (TPSA) is 163 Å². The van der Waals surface area contributed by atoms with E-state index >= 15 is 0 Å². The summed E-state index contributed by atoms with van der Waals surface area (Å²) < 4.78 is 0. The Morgan fingerprint density at radius 3 is 2.29 bits per heavy atom. The van der Waals surface area contributed by atoms with E-state index in [1.54, 1.807) is 24.3 Å². The van der Waals surface area contributed by atoms with Gasteiger partial charge in [-0.2, -0.15) is 0 Å². The van der Waals surface area contributed by atoms with E-state index in [4.69, 9.17) is 22.0 Å². The van der Waals surface area contributed by atoms with Crippen LogP contribution in [0.25, 0.3) is 0 Å². The van der Waals surface area contributed by atoms with Gasteiger partial charge in [0, 0.05) is 24.3 Å². The number of benzene rings is 2. The third-order valence-electron chi connectivity index (χ3n) is 4.66. The van der Waals surface area contributed by atoms with Gasteiger partial charge in [-0.15, -0.1) is 0 Å². The number of nitrogens with two attached hydrogens (primary N) is 2. The van der Waals surface area contributed by atoms with Crippen molar-refractivity contribution in [3.05, 3.63) is 65.7 Å². The van der Waals surface area contributed by atoms with Crippen molar-refractivity contribution in [3.8, 4) is 0 Å². The number of amides is 1. The van der Waals surface area contributed by atoms with Crippen LogP contribution in [0.1, 0.15) is 35.2 Å². The highest BCUT2D eigenvalue weighted by atomic mass is 16.4. The number of Topliss-reactive ketones (excluding diaryl/α,β-unsaturated/α-hetero) is 1. The maximum Gasteiger partial charge on any atom is 0.320 e. The summed E-state index contributed by atoms with van der Waals surface area (Å²) in [7, 11) is 0. The molecule has 0 aliphatic carbocycles. The quantitative estimate of drug-likeness (QED) is 0.159. The van der Waals surface area contributed by atoms with E-state index in [1.165, 1.54) is 0 Å². The molecule has 7 N–H and O–H groups in total. The van der Waals surface area contributed by atoms with Crippen LogP contribution in [0.5, 0.6) is 0 Å². The number of carbonyl (C=O) groups excluding carboxylic acids is 2. The predicted octanol–water partition coefficient (Wildman–Crippen LogP) is 1.79. The van der Waals surface area contributed by atoms with Crippen LogP contribution in [0.3, 0.4) is 0 Å². The molecule has 0 aromatic heterocycles. The largest absolute Gasteiger partial charge is 0.480 e. The zero-order chi connectivity index (χ0) is 22.8. The van der Waals surface area contributed by atoms with Gasteiger partial charge in [0.1, 0.15) is 6.04 Å². The number of rotatable bonds is 11. The lowest BCUT2D eigenvalue weighted by atomic mass is 10.1. The summed E-state index contributed by atoms with van der Waals surface area (Å²) in [4.78, 5) is 36.6. The number of ketones is 1. The van der Waals surface area contributed by atoms with Gasteiger partial charge in [0.05, 0.1) is 6.42 Å². The van der Waals surface area contributed by atoms with Crippen LogP contribution in [0.2, 0.25) is 0 Å². The zero-order valence-corrected chi connectivity index (χ0v) is 17.1. The number of hydrogen-bond acceptors (Lipinski definition) is 6. The van der Waals surface area contributed by atoms with Gasteiger partial charge < -0.3 is 21.9 Å². The molecule has 1 amide bonds. The van der Waals surface area contributed by atoms with Crippen LogP contribution in [-0.4, -0.2) is 46.2 Å². The molecule has 2 aromatic rings. The third kappa shape index (κ3) is 7.56. The number of guanidine groups is 1. The van der Waals surface area contributed by atoms with Gasteiger partial charge in [-0.05, 0) is 42.7 Å². The second-order valence-electron chi connectivity index (χ2n) is 7.03. The Morgan fingerprint density at radius 2 is 1.71 bits per heavy atom. The lowest BCUT2D eigenvalue weighted by Gasteiger charge is -2.20. The van der Waals surface area contributed by atoms with Gasteiger partial charge in [0.25, 0.3) is 0 Å². The van der Waals surface area contributed by atoms with Crippen molar-refractivity contribution >= 4 is 29.3 Å². The molecule has 0 aliphatic heterocycles. The molecule has 0 heterocycles. The average Bonchev–Trinajstić information content (AvgIpc) is 2.75. The third-order valence-corrected chi connectivity index (χ3v) is 4.66. The summed E-state index contributed by atoms with van der Waals surface area (Å²) in [5, 5.41) is 19.6. The molecule has 1 atom stereocenters. The highest BCUT2D eigenvalue weighted by Crippen LogP contribution is 2.13. The number of nitrogens with one attached hydrogen (secondary N) is 2. The van der Waals surface area contributed by atoms with Gasteiger partial charge in [-0.1, -0.05) is 30.3 Å². The first kappa shape index (κ1) is 23.6. The summed E-state index contributed by atoms with van der Waals surface area (Å²) in [5.74, 6) is -2.65. The molecule has 0 fully saturated rings. The SMILES string of the molecule is N=C(N)N(CCCC(N)C(=O)O)C(=O)CC(=O)c1ccc(NCc2ccccc2)cc1. The number of carboxylic acids is 1. The molecule has 31 heavy (non-hydrogen) atoms. The van der Waals surface area contributed by atoms with Crippen LogP contribution in [0, 0.1) is 5.41 Å². The van der Waals surface area contributed by atoms with E-state index < -0.39 is 36.1 Å².